The smallest absolute Gasteiger partial charge is 0.288 e. The molecule has 0 heterocycles. The minimum absolute atomic E-state index is 0.172. The lowest BCUT2D eigenvalue weighted by atomic mass is 10.3. The second kappa shape index (κ2) is 3.52. The van der Waals surface area contributed by atoms with Crippen molar-refractivity contribution in [2.45, 2.75) is 18.4 Å². The number of halogens is 3. The van der Waals surface area contributed by atoms with Crippen LogP contribution in [0.5, 0.6) is 5.75 Å². The maximum absolute atomic E-state index is 12.5. The average molecular weight is 311 g/mol. The molecule has 1 atom stereocenters. The van der Waals surface area contributed by atoms with Crippen LogP contribution in [0.4, 0.5) is 14.5 Å². The van der Waals surface area contributed by atoms with Gasteiger partial charge in [-0.3, -0.25) is 0 Å². The molecule has 76 valence electrons. The third-order valence-corrected chi connectivity index (χ3v) is 2.61. The molecule has 1 fully saturated rings. The van der Waals surface area contributed by atoms with E-state index >= 15 is 0 Å². The first-order valence-electron chi connectivity index (χ1n) is 4.13. The third kappa shape index (κ3) is 2.08. The van der Waals surface area contributed by atoms with E-state index in [1.165, 1.54) is 0 Å². The van der Waals surface area contributed by atoms with Crippen LogP contribution in [0.2, 0.25) is 0 Å². The maximum Gasteiger partial charge on any atom is 0.288 e. The molecule has 0 bridgehead atoms. The van der Waals surface area contributed by atoms with Gasteiger partial charge in [0.2, 0.25) is 0 Å². The van der Waals surface area contributed by atoms with Gasteiger partial charge in [-0.1, -0.05) is 6.07 Å². The lowest BCUT2D eigenvalue weighted by Gasteiger charge is -2.06. The molecule has 1 unspecified atom stereocenters. The maximum atomic E-state index is 12.5. The van der Waals surface area contributed by atoms with Crippen molar-refractivity contribution < 1.29 is 13.5 Å². The summed E-state index contributed by atoms with van der Waals surface area (Å²) in [7, 11) is 0. The quantitative estimate of drug-likeness (QED) is 0.683. The predicted molar refractivity (Wildman–Crippen MR) is 58.1 cm³/mol. The zero-order valence-corrected chi connectivity index (χ0v) is 9.29. The monoisotopic (exact) mass is 311 g/mol. The van der Waals surface area contributed by atoms with Gasteiger partial charge in [-0.05, 0) is 12.1 Å². The topological polar surface area (TPSA) is 21.3 Å². The number of ether oxygens (including phenoxy) is 1. The molecule has 1 aromatic rings. The summed E-state index contributed by atoms with van der Waals surface area (Å²) in [6, 6.07) is 6.97. The van der Waals surface area contributed by atoms with E-state index < -0.39 is 12.0 Å². The van der Waals surface area contributed by atoms with Crippen LogP contribution in [-0.4, -0.2) is 12.0 Å². The summed E-state index contributed by atoms with van der Waals surface area (Å²) in [6.45, 7) is 0. The van der Waals surface area contributed by atoms with E-state index in [0.717, 1.165) is 5.69 Å². The molecule has 1 aromatic carbocycles. The molecule has 0 aliphatic heterocycles. The number of nitrogens with one attached hydrogen (secondary N) is 1. The van der Waals surface area contributed by atoms with Crippen LogP contribution in [0.3, 0.4) is 0 Å². The summed E-state index contributed by atoms with van der Waals surface area (Å²) in [6.07, 6.45) is -1.11. The molecule has 5 heteroatoms. The molecular weight excluding hydrogens is 303 g/mol. The van der Waals surface area contributed by atoms with E-state index in [9.17, 15) is 8.78 Å². The summed E-state index contributed by atoms with van der Waals surface area (Å²) < 4.78 is 33.0. The summed E-state index contributed by atoms with van der Waals surface area (Å²) in [5.41, 5.74) is 0.840. The van der Waals surface area contributed by atoms with Crippen molar-refractivity contribution >= 4 is 28.6 Å². The molecule has 2 rings (SSSR count). The molecule has 1 N–H and O–H groups in total. The minimum atomic E-state index is -2.63. The average Bonchev–Trinajstić information content (AvgIpc) is 2.74. The fourth-order valence-electron chi connectivity index (χ4n) is 1.11. The Hall–Kier alpha value is -0.590. The summed E-state index contributed by atoms with van der Waals surface area (Å²) >= 11 is 1.97. The van der Waals surface area contributed by atoms with Gasteiger partial charge in [0, 0.05) is 11.8 Å². The van der Waals surface area contributed by atoms with Gasteiger partial charge in [0.1, 0.15) is 5.75 Å². The number of rotatable bonds is 3. The molecule has 1 aliphatic rings. The van der Waals surface area contributed by atoms with Crippen LogP contribution in [-0.2, 0) is 0 Å². The predicted octanol–water partition coefficient (Wildman–Crippen LogP) is 3.23. The summed E-state index contributed by atoms with van der Waals surface area (Å²) in [5.74, 6) is -2.15. The van der Waals surface area contributed by atoms with Crippen molar-refractivity contribution in [3.05, 3.63) is 24.3 Å². The van der Waals surface area contributed by atoms with Crippen molar-refractivity contribution in [1.82, 2.24) is 0 Å². The van der Waals surface area contributed by atoms with Crippen LogP contribution in [0.15, 0.2) is 24.3 Å². The van der Waals surface area contributed by atoms with Gasteiger partial charge in [-0.25, -0.2) is 8.78 Å². The Kier molecular flexibility index (Phi) is 2.50. The van der Waals surface area contributed by atoms with E-state index in [2.05, 4.69) is 3.53 Å². The minimum Gasteiger partial charge on any atom is -0.484 e. The highest BCUT2D eigenvalue weighted by Gasteiger charge is 2.59. The summed E-state index contributed by atoms with van der Waals surface area (Å²) in [5, 5.41) is 0. The van der Waals surface area contributed by atoms with Gasteiger partial charge in [0.05, 0.1) is 29.3 Å². The number of anilines is 1. The Bertz CT molecular complexity index is 345. The van der Waals surface area contributed by atoms with Crippen LogP contribution in [0, 0.1) is 0 Å². The van der Waals surface area contributed by atoms with Crippen molar-refractivity contribution in [3.8, 4) is 5.75 Å². The molecule has 1 saturated carbocycles. The molecule has 2 nitrogen and oxygen atoms in total. The lowest BCUT2D eigenvalue weighted by Crippen LogP contribution is -2.06. The fraction of sp³-hybridized carbons (Fsp3) is 0.333. The Morgan fingerprint density at radius 3 is 2.79 bits per heavy atom. The molecule has 0 amide bonds. The standard InChI is InChI=1S/C9H8F2INO/c10-9(11)5-8(9)14-7-3-1-2-6(4-7)13-12/h1-4,8,13H,5H2. The highest BCUT2D eigenvalue weighted by atomic mass is 127. The second-order valence-electron chi connectivity index (χ2n) is 3.19. The number of hydrogen-bond acceptors (Lipinski definition) is 2. The van der Waals surface area contributed by atoms with Crippen LogP contribution >= 0.6 is 22.9 Å². The van der Waals surface area contributed by atoms with Crippen molar-refractivity contribution in [2.24, 2.45) is 0 Å². The zero-order valence-electron chi connectivity index (χ0n) is 7.14. The molecule has 0 radical (unpaired) electrons. The Morgan fingerprint density at radius 1 is 1.50 bits per heavy atom. The zero-order chi connectivity index (χ0) is 10.2. The third-order valence-electron chi connectivity index (χ3n) is 1.99. The van der Waals surface area contributed by atoms with Gasteiger partial charge in [-0.15, -0.1) is 0 Å². The first-order valence-corrected chi connectivity index (χ1v) is 5.21. The van der Waals surface area contributed by atoms with Crippen LogP contribution in [0.1, 0.15) is 6.42 Å². The fourth-order valence-corrected chi connectivity index (χ4v) is 1.44. The number of benzene rings is 1. The van der Waals surface area contributed by atoms with Crippen LogP contribution < -0.4 is 8.27 Å². The Labute approximate surface area is 94.1 Å². The molecular formula is C9H8F2INO. The van der Waals surface area contributed by atoms with E-state index in [1.54, 1.807) is 18.2 Å². The van der Waals surface area contributed by atoms with Gasteiger partial charge < -0.3 is 8.27 Å². The van der Waals surface area contributed by atoms with Gasteiger partial charge in [-0.2, -0.15) is 0 Å². The molecule has 0 aromatic heterocycles. The number of hydrogen-bond donors (Lipinski definition) is 1. The summed E-state index contributed by atoms with van der Waals surface area (Å²) in [4.78, 5) is 0. The molecule has 0 saturated heterocycles. The lowest BCUT2D eigenvalue weighted by molar-refractivity contribution is 0.0665. The Balaban J connectivity index is 2.03. The highest BCUT2D eigenvalue weighted by Crippen LogP contribution is 2.44. The molecule has 0 spiro atoms. The first kappa shape index (κ1) is 9.95. The van der Waals surface area contributed by atoms with Crippen molar-refractivity contribution in [1.29, 1.82) is 0 Å². The van der Waals surface area contributed by atoms with Crippen molar-refractivity contribution in [3.63, 3.8) is 0 Å². The van der Waals surface area contributed by atoms with Crippen LogP contribution in [0.25, 0.3) is 0 Å². The Morgan fingerprint density at radius 2 is 2.21 bits per heavy atom. The largest absolute Gasteiger partial charge is 0.484 e. The SMILES string of the molecule is FC1(F)CC1Oc1cccc(NI)c1. The second-order valence-corrected chi connectivity index (χ2v) is 3.73. The van der Waals surface area contributed by atoms with E-state index in [4.69, 9.17) is 4.74 Å². The van der Waals surface area contributed by atoms with Gasteiger partial charge >= 0.3 is 0 Å². The van der Waals surface area contributed by atoms with E-state index in [0.29, 0.717) is 5.75 Å². The normalized spacial score (nSPS) is 22.9. The van der Waals surface area contributed by atoms with E-state index in [-0.39, 0.29) is 6.42 Å². The van der Waals surface area contributed by atoms with Gasteiger partial charge in [0.15, 0.2) is 6.10 Å². The molecule has 14 heavy (non-hydrogen) atoms. The van der Waals surface area contributed by atoms with Crippen molar-refractivity contribution in [2.75, 3.05) is 3.53 Å². The number of alkyl halides is 2. The highest BCUT2D eigenvalue weighted by molar-refractivity contribution is 14.1. The molecule has 1 aliphatic carbocycles. The van der Waals surface area contributed by atoms with Gasteiger partial charge in [0.25, 0.3) is 5.92 Å². The van der Waals surface area contributed by atoms with E-state index in [1.807, 2.05) is 28.9 Å². The first-order chi connectivity index (χ1) is 6.62.